The monoisotopic (exact) mass is 273 g/mol. The summed E-state index contributed by atoms with van der Waals surface area (Å²) in [5, 5.41) is 8.75. The molecule has 1 N–H and O–H groups in total. The van der Waals surface area contributed by atoms with Crippen LogP contribution in [0.2, 0.25) is 0 Å². The lowest BCUT2D eigenvalue weighted by Gasteiger charge is -2.21. The number of ether oxygens (including phenoxy) is 1. The Morgan fingerprint density at radius 2 is 2.35 bits per heavy atom. The lowest BCUT2D eigenvalue weighted by Crippen LogP contribution is -2.29. The fraction of sp³-hybridized carbons (Fsp3) is 0.529. The van der Waals surface area contributed by atoms with Crippen LogP contribution in [0.15, 0.2) is 24.3 Å². The molecule has 1 atom stereocenters. The molecule has 0 radical (unpaired) electrons. The Morgan fingerprint density at radius 1 is 1.45 bits per heavy atom. The fourth-order valence-corrected chi connectivity index (χ4v) is 2.45. The van der Waals surface area contributed by atoms with E-state index in [1.165, 1.54) is 5.56 Å². The van der Waals surface area contributed by atoms with Gasteiger partial charge >= 0.3 is 0 Å². The maximum absolute atomic E-state index is 8.75. The summed E-state index contributed by atoms with van der Waals surface area (Å²) < 4.78 is 5.67. The van der Waals surface area contributed by atoms with Crippen molar-refractivity contribution < 1.29 is 9.84 Å². The predicted octanol–water partition coefficient (Wildman–Crippen LogP) is 2.03. The number of hydrogen-bond acceptors (Lipinski definition) is 3. The van der Waals surface area contributed by atoms with Gasteiger partial charge in [0.15, 0.2) is 0 Å². The first-order valence-corrected chi connectivity index (χ1v) is 7.30. The summed E-state index contributed by atoms with van der Waals surface area (Å²) >= 11 is 0. The van der Waals surface area contributed by atoms with Gasteiger partial charge in [-0.15, -0.1) is 0 Å². The minimum atomic E-state index is 0.123. The zero-order valence-corrected chi connectivity index (χ0v) is 12.1. The van der Waals surface area contributed by atoms with E-state index in [9.17, 15) is 0 Å². The van der Waals surface area contributed by atoms with Crippen LogP contribution < -0.4 is 0 Å². The van der Waals surface area contributed by atoms with E-state index >= 15 is 0 Å². The molecule has 0 aliphatic carbocycles. The molecule has 3 heteroatoms. The van der Waals surface area contributed by atoms with Gasteiger partial charge < -0.3 is 9.84 Å². The lowest BCUT2D eigenvalue weighted by molar-refractivity contribution is 0.0668. The molecule has 2 rings (SSSR count). The van der Waals surface area contributed by atoms with Crippen LogP contribution in [0.1, 0.15) is 30.9 Å². The third-order valence-electron chi connectivity index (χ3n) is 3.34. The molecule has 0 saturated carbocycles. The summed E-state index contributed by atoms with van der Waals surface area (Å²) in [6.07, 6.45) is 1.94. The third-order valence-corrected chi connectivity index (χ3v) is 3.34. The summed E-state index contributed by atoms with van der Waals surface area (Å²) in [5.41, 5.74) is 2.31. The first-order chi connectivity index (χ1) is 9.78. The first-order valence-electron chi connectivity index (χ1n) is 7.30. The zero-order valence-electron chi connectivity index (χ0n) is 12.1. The lowest BCUT2D eigenvalue weighted by atomic mass is 10.1. The molecule has 108 valence electrons. The van der Waals surface area contributed by atoms with Gasteiger partial charge in [0.1, 0.15) is 0 Å². The van der Waals surface area contributed by atoms with Crippen LogP contribution in [0.5, 0.6) is 0 Å². The van der Waals surface area contributed by atoms with Crippen molar-refractivity contribution in [3.63, 3.8) is 0 Å². The number of benzene rings is 1. The van der Waals surface area contributed by atoms with E-state index in [1.807, 2.05) is 6.07 Å². The van der Waals surface area contributed by atoms with Crippen LogP contribution in [0, 0.1) is 11.8 Å². The van der Waals surface area contributed by atoms with Gasteiger partial charge in [-0.3, -0.25) is 4.90 Å². The van der Waals surface area contributed by atoms with Gasteiger partial charge in [-0.2, -0.15) is 0 Å². The van der Waals surface area contributed by atoms with Gasteiger partial charge in [0.25, 0.3) is 0 Å². The number of aliphatic hydroxyl groups excluding tert-OH is 1. The minimum Gasteiger partial charge on any atom is -0.395 e. The molecule has 1 unspecified atom stereocenters. The Bertz CT molecular complexity index is 475. The van der Waals surface area contributed by atoms with Crippen LogP contribution in [-0.2, 0) is 11.3 Å². The molecular formula is C17H23NO2. The van der Waals surface area contributed by atoms with Crippen molar-refractivity contribution in [1.82, 2.24) is 4.90 Å². The molecule has 1 aliphatic rings. The second-order valence-electron chi connectivity index (χ2n) is 5.25. The largest absolute Gasteiger partial charge is 0.395 e. The van der Waals surface area contributed by atoms with Crippen molar-refractivity contribution in [1.29, 1.82) is 0 Å². The summed E-state index contributed by atoms with van der Waals surface area (Å²) in [7, 11) is 0. The van der Waals surface area contributed by atoms with Crippen LogP contribution in [-0.4, -0.2) is 42.4 Å². The minimum absolute atomic E-state index is 0.123. The second-order valence-corrected chi connectivity index (χ2v) is 5.25. The van der Waals surface area contributed by atoms with E-state index in [2.05, 4.69) is 41.9 Å². The van der Waals surface area contributed by atoms with E-state index in [-0.39, 0.29) is 6.61 Å². The van der Waals surface area contributed by atoms with Crippen molar-refractivity contribution in [2.75, 3.05) is 26.3 Å². The molecule has 1 saturated heterocycles. The van der Waals surface area contributed by atoms with E-state index in [1.54, 1.807) is 0 Å². The van der Waals surface area contributed by atoms with Crippen molar-refractivity contribution in [3.05, 3.63) is 35.4 Å². The standard InChI is InChI=1S/C17H23NO2/c1-15-13-18(9-5-11-20-15)14-17-8-4-7-16(12-17)6-2-3-10-19/h4,7-8,12,15,19H,3,5,9-11,13-14H2,1H3. The van der Waals surface area contributed by atoms with Crippen molar-refractivity contribution in [2.24, 2.45) is 0 Å². The average Bonchev–Trinajstić information content (AvgIpc) is 2.64. The molecule has 1 aromatic carbocycles. The molecule has 0 amide bonds. The van der Waals surface area contributed by atoms with Gasteiger partial charge in [0.05, 0.1) is 12.7 Å². The third kappa shape index (κ3) is 4.97. The molecule has 1 fully saturated rings. The van der Waals surface area contributed by atoms with Gasteiger partial charge in [-0.25, -0.2) is 0 Å². The van der Waals surface area contributed by atoms with Crippen molar-refractivity contribution >= 4 is 0 Å². The maximum Gasteiger partial charge on any atom is 0.0674 e. The molecule has 0 aromatic heterocycles. The van der Waals surface area contributed by atoms with E-state index in [4.69, 9.17) is 9.84 Å². The smallest absolute Gasteiger partial charge is 0.0674 e. The average molecular weight is 273 g/mol. The Hall–Kier alpha value is -1.34. The normalized spacial score (nSPS) is 20.0. The number of hydrogen-bond donors (Lipinski definition) is 1. The van der Waals surface area contributed by atoms with E-state index in [0.717, 1.165) is 38.2 Å². The van der Waals surface area contributed by atoms with Crippen molar-refractivity contribution in [3.8, 4) is 11.8 Å². The van der Waals surface area contributed by atoms with Crippen molar-refractivity contribution in [2.45, 2.75) is 32.4 Å². The second kappa shape index (κ2) is 8.06. The Kier molecular flexibility index (Phi) is 6.07. The SMILES string of the molecule is CC1CN(Cc2cccc(C#CCCO)c2)CCCO1. The quantitative estimate of drug-likeness (QED) is 0.855. The molecule has 20 heavy (non-hydrogen) atoms. The molecule has 0 spiro atoms. The zero-order chi connectivity index (χ0) is 14.2. The fourth-order valence-electron chi connectivity index (χ4n) is 2.45. The topological polar surface area (TPSA) is 32.7 Å². The maximum atomic E-state index is 8.75. The highest BCUT2D eigenvalue weighted by Gasteiger charge is 2.14. The molecule has 3 nitrogen and oxygen atoms in total. The van der Waals surface area contributed by atoms with Crippen LogP contribution in [0.3, 0.4) is 0 Å². The highest BCUT2D eigenvalue weighted by atomic mass is 16.5. The summed E-state index contributed by atoms with van der Waals surface area (Å²) in [6.45, 7) is 6.15. The molecule has 1 heterocycles. The molecule has 1 aromatic rings. The molecule has 1 aliphatic heterocycles. The van der Waals surface area contributed by atoms with Gasteiger partial charge in [0, 0.05) is 38.2 Å². The predicted molar refractivity (Wildman–Crippen MR) is 80.3 cm³/mol. The van der Waals surface area contributed by atoms with Gasteiger partial charge in [-0.05, 0) is 31.0 Å². The molecule has 0 bridgehead atoms. The highest BCUT2D eigenvalue weighted by Crippen LogP contribution is 2.12. The number of aliphatic hydroxyl groups is 1. The molecular weight excluding hydrogens is 250 g/mol. The van der Waals surface area contributed by atoms with Crippen LogP contribution in [0.4, 0.5) is 0 Å². The highest BCUT2D eigenvalue weighted by molar-refractivity contribution is 5.37. The van der Waals surface area contributed by atoms with Gasteiger partial charge in [0.2, 0.25) is 0 Å². The van der Waals surface area contributed by atoms with Gasteiger partial charge in [-0.1, -0.05) is 24.0 Å². The van der Waals surface area contributed by atoms with E-state index in [0.29, 0.717) is 12.5 Å². The van der Waals surface area contributed by atoms with Crippen LogP contribution in [0.25, 0.3) is 0 Å². The Labute approximate surface area is 121 Å². The summed E-state index contributed by atoms with van der Waals surface area (Å²) in [4.78, 5) is 2.44. The summed E-state index contributed by atoms with van der Waals surface area (Å²) in [6, 6.07) is 8.35. The summed E-state index contributed by atoms with van der Waals surface area (Å²) in [5.74, 6) is 6.06. The van der Waals surface area contributed by atoms with Crippen LogP contribution >= 0.6 is 0 Å². The number of rotatable bonds is 3. The Morgan fingerprint density at radius 3 is 3.20 bits per heavy atom. The van der Waals surface area contributed by atoms with E-state index < -0.39 is 0 Å². The number of nitrogens with zero attached hydrogens (tertiary/aromatic N) is 1. The Balaban J connectivity index is 1.98. The first kappa shape index (κ1) is 15.1.